The minimum atomic E-state index is -0.360. The van der Waals surface area contributed by atoms with E-state index in [4.69, 9.17) is 10.5 Å². The highest BCUT2D eigenvalue weighted by Crippen LogP contribution is 2.23. The van der Waals surface area contributed by atoms with E-state index in [1.54, 1.807) is 17.4 Å². The lowest BCUT2D eigenvalue weighted by atomic mass is 10.0. The van der Waals surface area contributed by atoms with E-state index in [0.29, 0.717) is 0 Å². The summed E-state index contributed by atoms with van der Waals surface area (Å²) in [4.78, 5) is 0. The van der Waals surface area contributed by atoms with E-state index in [1.807, 2.05) is 11.4 Å². The molecular formula is C14H16FNOS. The summed E-state index contributed by atoms with van der Waals surface area (Å²) in [7, 11) is 1.45. The molecule has 0 saturated heterocycles. The molecule has 4 heteroatoms. The summed E-state index contributed by atoms with van der Waals surface area (Å²) < 4.78 is 18.4. The highest BCUT2D eigenvalue weighted by atomic mass is 32.1. The van der Waals surface area contributed by atoms with E-state index in [2.05, 4.69) is 11.4 Å². The number of thiophene rings is 1. The van der Waals surface area contributed by atoms with Crippen molar-refractivity contribution in [3.05, 3.63) is 52.0 Å². The van der Waals surface area contributed by atoms with Gasteiger partial charge in [0, 0.05) is 6.04 Å². The van der Waals surface area contributed by atoms with Crippen LogP contribution in [-0.4, -0.2) is 7.11 Å². The molecule has 1 heterocycles. The number of rotatable bonds is 5. The molecule has 2 rings (SSSR count). The number of nitrogens with two attached hydrogens (primary N) is 1. The zero-order valence-corrected chi connectivity index (χ0v) is 11.0. The molecule has 1 unspecified atom stereocenters. The zero-order chi connectivity index (χ0) is 13.0. The molecule has 0 aliphatic heterocycles. The Kier molecular flexibility index (Phi) is 4.33. The van der Waals surface area contributed by atoms with Crippen LogP contribution in [0.25, 0.3) is 0 Å². The van der Waals surface area contributed by atoms with E-state index < -0.39 is 0 Å². The summed E-state index contributed by atoms with van der Waals surface area (Å²) in [6, 6.07) is 6.84. The van der Waals surface area contributed by atoms with Crippen molar-refractivity contribution >= 4 is 11.3 Å². The van der Waals surface area contributed by atoms with E-state index >= 15 is 0 Å². The average molecular weight is 265 g/mol. The molecule has 0 amide bonds. The fraction of sp³-hybridized carbons (Fsp3) is 0.286. The van der Waals surface area contributed by atoms with Crippen molar-refractivity contribution in [3.8, 4) is 5.75 Å². The number of benzene rings is 1. The summed E-state index contributed by atoms with van der Waals surface area (Å²) in [5, 5.41) is 4.16. The minimum Gasteiger partial charge on any atom is -0.494 e. The molecule has 96 valence electrons. The van der Waals surface area contributed by atoms with Crippen molar-refractivity contribution in [2.45, 2.75) is 18.9 Å². The minimum absolute atomic E-state index is 0.148. The predicted molar refractivity (Wildman–Crippen MR) is 72.5 cm³/mol. The lowest BCUT2D eigenvalue weighted by molar-refractivity contribution is 0.385. The van der Waals surface area contributed by atoms with Crippen LogP contribution >= 0.6 is 11.3 Å². The molecular weight excluding hydrogens is 249 g/mol. The van der Waals surface area contributed by atoms with Gasteiger partial charge in [0.25, 0.3) is 0 Å². The van der Waals surface area contributed by atoms with Crippen molar-refractivity contribution in [1.82, 2.24) is 0 Å². The molecule has 2 nitrogen and oxygen atoms in total. The molecule has 0 radical (unpaired) electrons. The van der Waals surface area contributed by atoms with Gasteiger partial charge in [0.1, 0.15) is 0 Å². The molecule has 0 saturated carbocycles. The van der Waals surface area contributed by atoms with Gasteiger partial charge >= 0.3 is 0 Å². The normalized spacial score (nSPS) is 12.4. The van der Waals surface area contributed by atoms with Gasteiger partial charge in [-0.1, -0.05) is 6.07 Å². The number of methoxy groups -OCH3 is 1. The maximum Gasteiger partial charge on any atom is 0.165 e. The summed E-state index contributed by atoms with van der Waals surface area (Å²) in [6.07, 6.45) is 1.72. The Balaban J connectivity index is 2.00. The Labute approximate surface area is 110 Å². The van der Waals surface area contributed by atoms with Gasteiger partial charge in [-0.2, -0.15) is 11.3 Å². The molecule has 0 fully saturated rings. The third-order valence-electron chi connectivity index (χ3n) is 2.93. The molecule has 0 spiro atoms. The van der Waals surface area contributed by atoms with Gasteiger partial charge < -0.3 is 10.5 Å². The van der Waals surface area contributed by atoms with Crippen molar-refractivity contribution in [2.24, 2.45) is 5.73 Å². The summed E-state index contributed by atoms with van der Waals surface area (Å²) >= 11 is 1.68. The number of aryl methyl sites for hydroxylation is 1. The SMILES string of the molecule is COc1ccc(C(N)CCc2ccsc2)cc1F. The molecule has 1 aromatic heterocycles. The van der Waals surface area contributed by atoms with Crippen molar-refractivity contribution in [1.29, 1.82) is 0 Å². The number of hydrogen-bond acceptors (Lipinski definition) is 3. The molecule has 18 heavy (non-hydrogen) atoms. The molecule has 0 bridgehead atoms. The molecule has 2 aromatic rings. The predicted octanol–water partition coefficient (Wildman–Crippen LogP) is 3.53. The smallest absolute Gasteiger partial charge is 0.165 e. The zero-order valence-electron chi connectivity index (χ0n) is 10.2. The summed E-state index contributed by atoms with van der Waals surface area (Å²) in [6.45, 7) is 0. The van der Waals surface area contributed by atoms with Crippen LogP contribution in [0.15, 0.2) is 35.0 Å². The Morgan fingerprint density at radius 1 is 1.39 bits per heavy atom. The van der Waals surface area contributed by atoms with Gasteiger partial charge in [-0.3, -0.25) is 0 Å². The van der Waals surface area contributed by atoms with Crippen LogP contribution in [0.1, 0.15) is 23.6 Å². The second-order valence-electron chi connectivity index (χ2n) is 4.17. The van der Waals surface area contributed by atoms with Gasteiger partial charge in [0.2, 0.25) is 0 Å². The summed E-state index contributed by atoms with van der Waals surface area (Å²) in [5.74, 6) is -0.107. The summed E-state index contributed by atoms with van der Waals surface area (Å²) in [5.41, 5.74) is 8.16. The lowest BCUT2D eigenvalue weighted by Crippen LogP contribution is -2.11. The van der Waals surface area contributed by atoms with Crippen LogP contribution in [0, 0.1) is 5.82 Å². The number of ether oxygens (including phenoxy) is 1. The third kappa shape index (κ3) is 3.09. The Morgan fingerprint density at radius 3 is 2.83 bits per heavy atom. The molecule has 1 atom stereocenters. The largest absolute Gasteiger partial charge is 0.494 e. The first kappa shape index (κ1) is 13.1. The lowest BCUT2D eigenvalue weighted by Gasteiger charge is -2.12. The molecule has 2 N–H and O–H groups in total. The number of halogens is 1. The van der Waals surface area contributed by atoms with Crippen molar-refractivity contribution in [2.75, 3.05) is 7.11 Å². The fourth-order valence-corrected chi connectivity index (χ4v) is 2.54. The Morgan fingerprint density at radius 2 is 2.22 bits per heavy atom. The van der Waals surface area contributed by atoms with Crippen molar-refractivity contribution < 1.29 is 9.13 Å². The second-order valence-corrected chi connectivity index (χ2v) is 4.95. The second kappa shape index (κ2) is 5.98. The van der Waals surface area contributed by atoms with Gasteiger partial charge in [0.05, 0.1) is 7.11 Å². The highest BCUT2D eigenvalue weighted by molar-refractivity contribution is 7.07. The first-order chi connectivity index (χ1) is 8.70. The number of hydrogen-bond donors (Lipinski definition) is 1. The topological polar surface area (TPSA) is 35.2 Å². The Hall–Kier alpha value is -1.39. The van der Waals surface area contributed by atoms with Crippen LogP contribution in [0.2, 0.25) is 0 Å². The standard InChI is InChI=1S/C14H16FNOS/c1-17-14-5-3-11(8-12(14)15)13(16)4-2-10-6-7-18-9-10/h3,5-9,13H,2,4,16H2,1H3. The quantitative estimate of drug-likeness (QED) is 0.897. The molecule has 0 aliphatic carbocycles. The van der Waals surface area contributed by atoms with Crippen molar-refractivity contribution in [3.63, 3.8) is 0 Å². The van der Waals surface area contributed by atoms with E-state index in [9.17, 15) is 4.39 Å². The first-order valence-corrected chi connectivity index (χ1v) is 6.75. The molecule has 1 aromatic carbocycles. The Bertz CT molecular complexity index is 499. The maximum absolute atomic E-state index is 13.5. The van der Waals surface area contributed by atoms with Crippen LogP contribution < -0.4 is 10.5 Å². The average Bonchev–Trinajstić information content (AvgIpc) is 2.89. The first-order valence-electron chi connectivity index (χ1n) is 5.81. The fourth-order valence-electron chi connectivity index (χ4n) is 1.84. The van der Waals surface area contributed by atoms with Crippen LogP contribution in [0.4, 0.5) is 4.39 Å². The van der Waals surface area contributed by atoms with Gasteiger partial charge in [-0.15, -0.1) is 0 Å². The maximum atomic E-state index is 13.5. The molecule has 0 aliphatic rings. The van der Waals surface area contributed by atoms with E-state index in [0.717, 1.165) is 18.4 Å². The van der Waals surface area contributed by atoms with Gasteiger partial charge in [-0.05, 0) is 52.9 Å². The highest BCUT2D eigenvalue weighted by Gasteiger charge is 2.10. The van der Waals surface area contributed by atoms with Gasteiger partial charge in [-0.25, -0.2) is 4.39 Å². The van der Waals surface area contributed by atoms with Gasteiger partial charge in [0.15, 0.2) is 11.6 Å². The van der Waals surface area contributed by atoms with E-state index in [1.165, 1.54) is 18.7 Å². The van der Waals surface area contributed by atoms with E-state index in [-0.39, 0.29) is 17.6 Å². The van der Waals surface area contributed by atoms with Crippen LogP contribution in [0.5, 0.6) is 5.75 Å². The van der Waals surface area contributed by atoms with Crippen LogP contribution in [-0.2, 0) is 6.42 Å². The van der Waals surface area contributed by atoms with Crippen LogP contribution in [0.3, 0.4) is 0 Å². The monoisotopic (exact) mass is 265 g/mol. The third-order valence-corrected chi connectivity index (χ3v) is 3.66.